The number of phosphoric ester groups is 1. The molecular formula is C14H19O7P. The van der Waals surface area contributed by atoms with Crippen molar-refractivity contribution in [2.75, 3.05) is 28.1 Å². The SMILES string of the molecule is C=C(C(=O)OCOC)c1ccccc1COP(=O)(OC)OC. The molecule has 0 fully saturated rings. The van der Waals surface area contributed by atoms with Gasteiger partial charge >= 0.3 is 13.8 Å². The second kappa shape index (κ2) is 8.82. The van der Waals surface area contributed by atoms with Crippen LogP contribution in [0.3, 0.4) is 0 Å². The molecule has 0 saturated heterocycles. The van der Waals surface area contributed by atoms with Crippen LogP contribution >= 0.6 is 7.82 Å². The predicted molar refractivity (Wildman–Crippen MR) is 79.9 cm³/mol. The standard InChI is InChI=1S/C14H19O7P/c1-11(14(15)20-10-17-2)13-8-6-5-7-12(13)9-21-22(16,18-3)19-4/h5-8H,1,9-10H2,2-4H3. The van der Waals surface area contributed by atoms with Crippen LogP contribution in [-0.2, 0) is 39.0 Å². The summed E-state index contributed by atoms with van der Waals surface area (Å²) in [5.41, 5.74) is 1.25. The number of methoxy groups -OCH3 is 1. The molecular weight excluding hydrogens is 311 g/mol. The molecule has 0 heterocycles. The van der Waals surface area contributed by atoms with Crippen LogP contribution < -0.4 is 0 Å². The van der Waals surface area contributed by atoms with E-state index in [0.29, 0.717) is 11.1 Å². The largest absolute Gasteiger partial charge is 0.474 e. The van der Waals surface area contributed by atoms with Crippen molar-refractivity contribution in [3.05, 3.63) is 42.0 Å². The van der Waals surface area contributed by atoms with Crippen LogP contribution in [0.15, 0.2) is 30.8 Å². The van der Waals surface area contributed by atoms with E-state index < -0.39 is 13.8 Å². The second-order valence-corrected chi connectivity index (χ2v) is 5.94. The lowest BCUT2D eigenvalue weighted by Crippen LogP contribution is -2.10. The van der Waals surface area contributed by atoms with Crippen molar-refractivity contribution in [3.8, 4) is 0 Å². The Kier molecular flexibility index (Phi) is 7.44. The Labute approximate surface area is 129 Å². The summed E-state index contributed by atoms with van der Waals surface area (Å²) in [5.74, 6) is -0.615. The molecule has 8 heteroatoms. The first-order chi connectivity index (χ1) is 10.5. The quantitative estimate of drug-likeness (QED) is 0.298. The number of ether oxygens (including phenoxy) is 2. The van der Waals surface area contributed by atoms with Crippen LogP contribution in [0, 0.1) is 0 Å². The van der Waals surface area contributed by atoms with E-state index in [2.05, 4.69) is 11.3 Å². The van der Waals surface area contributed by atoms with E-state index in [0.717, 1.165) is 0 Å². The predicted octanol–water partition coefficient (Wildman–Crippen LogP) is 2.76. The fraction of sp³-hybridized carbons (Fsp3) is 0.357. The monoisotopic (exact) mass is 330 g/mol. The van der Waals surface area contributed by atoms with Crippen molar-refractivity contribution >= 4 is 19.4 Å². The maximum absolute atomic E-state index is 11.9. The Morgan fingerprint density at radius 2 is 1.82 bits per heavy atom. The zero-order valence-electron chi connectivity index (χ0n) is 12.7. The highest BCUT2D eigenvalue weighted by molar-refractivity contribution is 7.48. The number of benzene rings is 1. The van der Waals surface area contributed by atoms with E-state index >= 15 is 0 Å². The summed E-state index contributed by atoms with van der Waals surface area (Å²) in [7, 11) is 0.243. The van der Waals surface area contributed by atoms with Gasteiger partial charge in [0.2, 0.25) is 0 Å². The molecule has 7 nitrogen and oxygen atoms in total. The molecule has 1 aromatic rings. The third-order valence-electron chi connectivity index (χ3n) is 2.72. The minimum Gasteiger partial charge on any atom is -0.435 e. The van der Waals surface area contributed by atoms with Gasteiger partial charge in [-0.25, -0.2) is 9.36 Å². The molecule has 0 aliphatic carbocycles. The highest BCUT2D eigenvalue weighted by atomic mass is 31.2. The lowest BCUT2D eigenvalue weighted by Gasteiger charge is -2.15. The fourth-order valence-corrected chi connectivity index (χ4v) is 2.24. The van der Waals surface area contributed by atoms with Crippen LogP contribution in [0.2, 0.25) is 0 Å². The van der Waals surface area contributed by atoms with E-state index in [1.807, 2.05) is 0 Å². The van der Waals surface area contributed by atoms with E-state index in [1.54, 1.807) is 24.3 Å². The minimum atomic E-state index is -3.60. The molecule has 0 aliphatic rings. The fourth-order valence-electron chi connectivity index (χ4n) is 1.58. The van der Waals surface area contributed by atoms with Crippen LogP contribution in [0.5, 0.6) is 0 Å². The Morgan fingerprint density at radius 1 is 1.18 bits per heavy atom. The highest BCUT2D eigenvalue weighted by Gasteiger charge is 2.24. The highest BCUT2D eigenvalue weighted by Crippen LogP contribution is 2.48. The molecule has 0 saturated carbocycles. The topological polar surface area (TPSA) is 80.3 Å². The zero-order chi connectivity index (χ0) is 16.6. The molecule has 0 spiro atoms. The summed E-state index contributed by atoms with van der Waals surface area (Å²) < 4.78 is 35.9. The smallest absolute Gasteiger partial charge is 0.435 e. The summed E-state index contributed by atoms with van der Waals surface area (Å²) in [6.45, 7) is 3.46. The number of rotatable bonds is 9. The minimum absolute atomic E-state index is 0.0777. The average molecular weight is 330 g/mol. The maximum atomic E-state index is 11.9. The number of carbonyl (C=O) groups is 1. The number of hydrogen-bond acceptors (Lipinski definition) is 7. The van der Waals surface area contributed by atoms with Crippen molar-refractivity contribution in [2.24, 2.45) is 0 Å². The summed E-state index contributed by atoms with van der Waals surface area (Å²) in [6.07, 6.45) is 0. The Balaban J connectivity index is 2.88. The molecule has 0 aromatic heterocycles. The Bertz CT molecular complexity index is 562. The van der Waals surface area contributed by atoms with Crippen molar-refractivity contribution < 1.29 is 32.4 Å². The van der Waals surface area contributed by atoms with Gasteiger partial charge in [0.25, 0.3) is 0 Å². The maximum Gasteiger partial charge on any atom is 0.474 e. The lowest BCUT2D eigenvalue weighted by molar-refractivity contribution is -0.146. The van der Waals surface area contributed by atoms with Crippen molar-refractivity contribution in [2.45, 2.75) is 6.61 Å². The zero-order valence-corrected chi connectivity index (χ0v) is 13.6. The van der Waals surface area contributed by atoms with Crippen LogP contribution in [0.25, 0.3) is 5.57 Å². The average Bonchev–Trinajstić information content (AvgIpc) is 2.57. The Morgan fingerprint density at radius 3 is 2.41 bits per heavy atom. The van der Waals surface area contributed by atoms with Crippen LogP contribution in [-0.4, -0.2) is 34.1 Å². The first kappa shape index (κ1) is 18.5. The molecule has 1 aromatic carbocycles. The molecule has 122 valence electrons. The van der Waals surface area contributed by atoms with Gasteiger partial charge < -0.3 is 9.47 Å². The van der Waals surface area contributed by atoms with Gasteiger partial charge in [-0.15, -0.1) is 0 Å². The molecule has 0 atom stereocenters. The van der Waals surface area contributed by atoms with Gasteiger partial charge in [0.15, 0.2) is 6.79 Å². The molecule has 0 aliphatic heterocycles. The molecule has 0 unspecified atom stereocenters. The number of carbonyl (C=O) groups excluding carboxylic acids is 1. The van der Waals surface area contributed by atoms with Crippen LogP contribution in [0.1, 0.15) is 11.1 Å². The van der Waals surface area contributed by atoms with E-state index in [4.69, 9.17) is 18.3 Å². The van der Waals surface area contributed by atoms with Crippen molar-refractivity contribution in [3.63, 3.8) is 0 Å². The summed E-state index contributed by atoms with van der Waals surface area (Å²) in [4.78, 5) is 11.8. The summed E-state index contributed by atoms with van der Waals surface area (Å²) in [5, 5.41) is 0. The van der Waals surface area contributed by atoms with E-state index in [1.165, 1.54) is 21.3 Å². The summed E-state index contributed by atoms with van der Waals surface area (Å²) in [6, 6.07) is 6.87. The van der Waals surface area contributed by atoms with Gasteiger partial charge in [-0.2, -0.15) is 0 Å². The van der Waals surface area contributed by atoms with Crippen molar-refractivity contribution in [1.29, 1.82) is 0 Å². The molecule has 0 amide bonds. The van der Waals surface area contributed by atoms with Crippen molar-refractivity contribution in [1.82, 2.24) is 0 Å². The van der Waals surface area contributed by atoms with Gasteiger partial charge in [-0.1, -0.05) is 30.8 Å². The molecule has 1 rings (SSSR count). The van der Waals surface area contributed by atoms with E-state index in [9.17, 15) is 9.36 Å². The Hall–Kier alpha value is -1.50. The third-order valence-corrected chi connectivity index (χ3v) is 4.06. The van der Waals surface area contributed by atoms with E-state index in [-0.39, 0.29) is 19.0 Å². The van der Waals surface area contributed by atoms with Gasteiger partial charge in [0.05, 0.1) is 12.2 Å². The number of hydrogen-bond donors (Lipinski definition) is 0. The third kappa shape index (κ3) is 5.05. The molecule has 0 radical (unpaired) electrons. The first-order valence-electron chi connectivity index (χ1n) is 6.26. The van der Waals surface area contributed by atoms with Gasteiger partial charge in [-0.05, 0) is 11.1 Å². The van der Waals surface area contributed by atoms with Gasteiger partial charge in [0.1, 0.15) is 0 Å². The molecule has 0 N–H and O–H groups in total. The van der Waals surface area contributed by atoms with Gasteiger partial charge in [-0.3, -0.25) is 13.6 Å². The number of esters is 1. The molecule has 22 heavy (non-hydrogen) atoms. The lowest BCUT2D eigenvalue weighted by atomic mass is 10.0. The summed E-state index contributed by atoms with van der Waals surface area (Å²) >= 11 is 0. The normalized spacial score (nSPS) is 11.2. The van der Waals surface area contributed by atoms with Crippen LogP contribution in [0.4, 0.5) is 0 Å². The second-order valence-electron chi connectivity index (χ2n) is 4.06. The van der Waals surface area contributed by atoms with Gasteiger partial charge in [0, 0.05) is 21.3 Å². The number of phosphoric acid groups is 1. The molecule has 0 bridgehead atoms. The first-order valence-corrected chi connectivity index (χ1v) is 7.72.